The molecule has 0 bridgehead atoms. The minimum atomic E-state index is -0.686. The second-order valence-electron chi connectivity index (χ2n) is 6.86. The number of para-hydroxylation sites is 1. The van der Waals surface area contributed by atoms with Gasteiger partial charge in [0.25, 0.3) is 0 Å². The Kier molecular flexibility index (Phi) is 3.57. The zero-order valence-corrected chi connectivity index (χ0v) is 13.4. The maximum Gasteiger partial charge on any atom is 0.331 e. The maximum atomic E-state index is 12.2. The Morgan fingerprint density at radius 3 is 2.55 bits per heavy atom. The number of hydrogen-bond acceptors (Lipinski definition) is 3. The molecule has 0 unspecified atom stereocenters. The maximum absolute atomic E-state index is 12.2. The highest BCUT2D eigenvalue weighted by atomic mass is 16.5. The van der Waals surface area contributed by atoms with Gasteiger partial charge in [0.05, 0.1) is 7.11 Å². The lowest BCUT2D eigenvalue weighted by Gasteiger charge is -2.53. The molecule has 0 saturated carbocycles. The highest BCUT2D eigenvalue weighted by Gasteiger charge is 2.47. The molecular weight excluding hydrogens is 250 g/mol. The van der Waals surface area contributed by atoms with Crippen molar-refractivity contribution in [1.29, 1.82) is 0 Å². The summed E-state index contributed by atoms with van der Waals surface area (Å²) < 4.78 is 5.02. The summed E-state index contributed by atoms with van der Waals surface area (Å²) in [7, 11) is 1.45. The quantitative estimate of drug-likeness (QED) is 0.770. The van der Waals surface area contributed by atoms with E-state index in [1.54, 1.807) is 0 Å². The van der Waals surface area contributed by atoms with Crippen LogP contribution >= 0.6 is 0 Å². The minimum absolute atomic E-state index is 0.0918. The van der Waals surface area contributed by atoms with Crippen molar-refractivity contribution >= 4 is 11.7 Å². The zero-order chi connectivity index (χ0) is 15.1. The third-order valence-electron chi connectivity index (χ3n) is 4.36. The fourth-order valence-electron chi connectivity index (χ4n) is 3.78. The first-order chi connectivity index (χ1) is 9.21. The average Bonchev–Trinajstić information content (AvgIpc) is 2.36. The van der Waals surface area contributed by atoms with Crippen LogP contribution in [-0.4, -0.2) is 24.2 Å². The number of ether oxygens (including phenoxy) is 1. The van der Waals surface area contributed by atoms with Crippen LogP contribution in [0.3, 0.4) is 0 Å². The summed E-state index contributed by atoms with van der Waals surface area (Å²) >= 11 is 0. The van der Waals surface area contributed by atoms with Crippen molar-refractivity contribution in [3.05, 3.63) is 29.8 Å². The molecule has 110 valence electrons. The number of anilines is 1. The number of carbonyl (C=O) groups is 1. The van der Waals surface area contributed by atoms with E-state index >= 15 is 0 Å². The van der Waals surface area contributed by atoms with Crippen LogP contribution in [0.1, 0.15) is 52.5 Å². The first-order valence-corrected chi connectivity index (χ1v) is 7.19. The molecule has 20 heavy (non-hydrogen) atoms. The smallest absolute Gasteiger partial charge is 0.331 e. The van der Waals surface area contributed by atoms with Crippen molar-refractivity contribution in [3.63, 3.8) is 0 Å². The lowest BCUT2D eigenvalue weighted by atomic mass is 9.77. The lowest BCUT2D eigenvalue weighted by Crippen LogP contribution is -2.62. The van der Waals surface area contributed by atoms with Gasteiger partial charge in [-0.2, -0.15) is 0 Å². The summed E-state index contributed by atoms with van der Waals surface area (Å²) in [6.45, 7) is 10.5. The Morgan fingerprint density at radius 2 is 1.95 bits per heavy atom. The fraction of sp³-hybridized carbons (Fsp3) is 0.588. The van der Waals surface area contributed by atoms with Crippen molar-refractivity contribution in [3.8, 4) is 0 Å². The minimum Gasteiger partial charge on any atom is -0.467 e. The van der Waals surface area contributed by atoms with Gasteiger partial charge in [0.15, 0.2) is 0 Å². The molecule has 0 aromatic heterocycles. The number of benzene rings is 1. The highest BCUT2D eigenvalue weighted by Crippen LogP contribution is 2.46. The molecule has 0 spiro atoms. The van der Waals surface area contributed by atoms with Crippen LogP contribution in [0.15, 0.2) is 24.3 Å². The van der Waals surface area contributed by atoms with Gasteiger partial charge in [0.1, 0.15) is 5.54 Å². The van der Waals surface area contributed by atoms with Gasteiger partial charge in [-0.3, -0.25) is 0 Å². The number of methoxy groups -OCH3 is 1. The molecule has 1 atom stereocenters. The van der Waals surface area contributed by atoms with Gasteiger partial charge in [-0.05, 0) is 51.7 Å². The molecule has 0 saturated heterocycles. The van der Waals surface area contributed by atoms with Gasteiger partial charge in [-0.15, -0.1) is 0 Å². The lowest BCUT2D eigenvalue weighted by molar-refractivity contribution is -0.146. The predicted octanol–water partition coefficient (Wildman–Crippen LogP) is 3.73. The van der Waals surface area contributed by atoms with Crippen LogP contribution in [0.2, 0.25) is 0 Å². The number of carbonyl (C=O) groups excluding carboxylic acids is 1. The molecule has 1 aliphatic rings. The van der Waals surface area contributed by atoms with Crippen molar-refractivity contribution in [2.45, 2.75) is 58.0 Å². The zero-order valence-electron chi connectivity index (χ0n) is 13.4. The second-order valence-corrected chi connectivity index (χ2v) is 6.86. The van der Waals surface area contributed by atoms with Crippen LogP contribution in [0.4, 0.5) is 5.69 Å². The molecule has 0 fully saturated rings. The number of fused-ring (bicyclic) bond motifs is 1. The molecule has 1 aromatic rings. The van der Waals surface area contributed by atoms with Crippen LogP contribution in [-0.2, 0) is 9.53 Å². The summed E-state index contributed by atoms with van der Waals surface area (Å²) in [5.74, 6) is 0.292. The topological polar surface area (TPSA) is 29.5 Å². The van der Waals surface area contributed by atoms with E-state index in [2.05, 4.69) is 43.9 Å². The summed E-state index contributed by atoms with van der Waals surface area (Å²) in [5, 5.41) is 0. The van der Waals surface area contributed by atoms with E-state index in [4.69, 9.17) is 4.74 Å². The van der Waals surface area contributed by atoms with Gasteiger partial charge < -0.3 is 9.64 Å². The number of nitrogens with zero attached hydrogens (tertiary/aromatic N) is 1. The van der Waals surface area contributed by atoms with E-state index in [0.29, 0.717) is 5.92 Å². The van der Waals surface area contributed by atoms with E-state index in [0.717, 1.165) is 12.1 Å². The number of esters is 1. The largest absolute Gasteiger partial charge is 0.467 e. The van der Waals surface area contributed by atoms with E-state index < -0.39 is 5.54 Å². The van der Waals surface area contributed by atoms with Crippen molar-refractivity contribution < 1.29 is 9.53 Å². The Morgan fingerprint density at radius 1 is 1.35 bits per heavy atom. The Balaban J connectivity index is 2.60. The van der Waals surface area contributed by atoms with Crippen LogP contribution in [0.25, 0.3) is 0 Å². The van der Waals surface area contributed by atoms with Crippen molar-refractivity contribution in [1.82, 2.24) is 0 Å². The third-order valence-corrected chi connectivity index (χ3v) is 4.36. The van der Waals surface area contributed by atoms with Crippen molar-refractivity contribution in [2.24, 2.45) is 0 Å². The van der Waals surface area contributed by atoms with Gasteiger partial charge in [0, 0.05) is 11.2 Å². The van der Waals surface area contributed by atoms with Gasteiger partial charge in [-0.1, -0.05) is 25.1 Å². The van der Waals surface area contributed by atoms with E-state index in [1.165, 1.54) is 12.7 Å². The van der Waals surface area contributed by atoms with Crippen LogP contribution < -0.4 is 4.90 Å². The molecule has 3 heteroatoms. The van der Waals surface area contributed by atoms with E-state index in [1.807, 2.05) is 19.9 Å². The molecule has 1 aliphatic heterocycles. The summed E-state index contributed by atoms with van der Waals surface area (Å²) in [6, 6.07) is 8.37. The fourth-order valence-corrected chi connectivity index (χ4v) is 3.78. The van der Waals surface area contributed by atoms with Crippen molar-refractivity contribution in [2.75, 3.05) is 12.0 Å². The van der Waals surface area contributed by atoms with Gasteiger partial charge >= 0.3 is 5.97 Å². The van der Waals surface area contributed by atoms with E-state index in [-0.39, 0.29) is 11.5 Å². The van der Waals surface area contributed by atoms with Crippen LogP contribution in [0.5, 0.6) is 0 Å². The summed E-state index contributed by atoms with van der Waals surface area (Å²) in [5.41, 5.74) is 1.68. The molecule has 2 rings (SSSR count). The first kappa shape index (κ1) is 14.9. The third kappa shape index (κ3) is 2.19. The molecule has 1 heterocycles. The monoisotopic (exact) mass is 275 g/mol. The molecule has 1 aromatic carbocycles. The summed E-state index contributed by atoms with van der Waals surface area (Å²) in [6.07, 6.45) is 1.02. The Labute approximate surface area is 121 Å². The number of hydrogen-bond donors (Lipinski definition) is 0. The van der Waals surface area contributed by atoms with Gasteiger partial charge in [-0.25, -0.2) is 4.79 Å². The second kappa shape index (κ2) is 4.80. The molecule has 0 N–H and O–H groups in total. The molecule has 0 amide bonds. The van der Waals surface area contributed by atoms with Gasteiger partial charge in [0.2, 0.25) is 0 Å². The SMILES string of the molecule is COC(=O)C(C)(C)N1c2ccccc2[C@@H](C)CC1(C)C. The molecule has 0 aliphatic carbocycles. The summed E-state index contributed by atoms with van der Waals surface area (Å²) in [4.78, 5) is 14.5. The van der Waals surface area contributed by atoms with E-state index in [9.17, 15) is 4.79 Å². The molecule has 0 radical (unpaired) electrons. The van der Waals surface area contributed by atoms with Crippen LogP contribution in [0, 0.1) is 0 Å². The number of rotatable bonds is 2. The molecule has 3 nitrogen and oxygen atoms in total. The predicted molar refractivity (Wildman–Crippen MR) is 82.1 cm³/mol. The Hall–Kier alpha value is -1.51. The standard InChI is InChI=1S/C17H25NO2/c1-12-11-16(2,3)18(17(4,5)15(19)20-6)14-10-8-7-9-13(12)14/h7-10,12H,11H2,1-6H3/t12-/m0/s1. The Bertz CT molecular complexity index is 519. The molecular formula is C17H25NO2. The highest BCUT2D eigenvalue weighted by molar-refractivity contribution is 5.85. The first-order valence-electron chi connectivity index (χ1n) is 7.19. The average molecular weight is 275 g/mol. The normalized spacial score (nSPS) is 21.3.